The third-order valence-electron chi connectivity index (χ3n) is 12.6. The van der Waals surface area contributed by atoms with Crippen LogP contribution in [0.3, 0.4) is 0 Å². The van der Waals surface area contributed by atoms with Gasteiger partial charge in [0.25, 0.3) is 0 Å². The Morgan fingerprint density at radius 3 is 2.09 bits per heavy atom. The number of aliphatic imine (C=N–C) groups is 1. The molecule has 0 saturated heterocycles. The van der Waals surface area contributed by atoms with Crippen LogP contribution in [0, 0.1) is 24.7 Å². The fraction of sp³-hybridized carbons (Fsp3) is 0.632. The van der Waals surface area contributed by atoms with Crippen molar-refractivity contribution in [3.63, 3.8) is 0 Å². The van der Waals surface area contributed by atoms with Crippen LogP contribution in [0.15, 0.2) is 115 Å². The molecule has 0 bridgehead atoms. The van der Waals surface area contributed by atoms with Gasteiger partial charge in [-0.1, -0.05) is 157 Å². The second kappa shape index (κ2) is 34.9. The van der Waals surface area contributed by atoms with Crippen LogP contribution in [-0.4, -0.2) is 91.0 Å². The molecular formula is C57H100N8S2. The molecule has 67 heavy (non-hydrogen) atoms. The van der Waals surface area contributed by atoms with Crippen LogP contribution >= 0.6 is 21.6 Å². The maximum Gasteiger partial charge on any atom is 0.0811 e. The van der Waals surface area contributed by atoms with Gasteiger partial charge in [0.15, 0.2) is 0 Å². The van der Waals surface area contributed by atoms with Crippen molar-refractivity contribution >= 4 is 27.3 Å². The molecule has 0 aromatic heterocycles. The summed E-state index contributed by atoms with van der Waals surface area (Å²) in [5.41, 5.74) is 17.2. The van der Waals surface area contributed by atoms with Gasteiger partial charge in [-0.05, 0) is 116 Å². The molecule has 1 aromatic carbocycles. The SMILES string of the molecule is C=C(C)CCNC(=C)C(N)CSSCCNC(=C)C(C)CC(Cc1ccc(C)cc1)NC(=C)/C(=C/C)N=C(C)C(CCCC)CC(C(C)C)N(CCC)C(=C)C(C)NC(=C)CN(C)CCCC. The van der Waals surface area contributed by atoms with E-state index in [2.05, 4.69) is 171 Å². The van der Waals surface area contributed by atoms with Gasteiger partial charge in [0.05, 0.1) is 23.5 Å². The van der Waals surface area contributed by atoms with E-state index in [1.807, 2.05) is 17.7 Å². The number of nitrogens with zero attached hydrogens (tertiary/aromatic N) is 3. The summed E-state index contributed by atoms with van der Waals surface area (Å²) in [5.74, 6) is 2.77. The molecule has 0 fully saturated rings. The Kier molecular flexibility index (Phi) is 32.1. The highest BCUT2D eigenvalue weighted by atomic mass is 33.1. The van der Waals surface area contributed by atoms with Crippen molar-refractivity contribution in [2.45, 2.75) is 165 Å². The number of hydrogen-bond donors (Lipinski definition) is 5. The number of allylic oxidation sites excluding steroid dienone is 2. The van der Waals surface area contributed by atoms with E-state index >= 15 is 0 Å². The molecule has 6 atom stereocenters. The van der Waals surface area contributed by atoms with E-state index in [0.717, 1.165) is 135 Å². The van der Waals surface area contributed by atoms with Gasteiger partial charge < -0.3 is 36.8 Å². The number of nitrogens with one attached hydrogen (secondary N) is 4. The summed E-state index contributed by atoms with van der Waals surface area (Å²) < 4.78 is 0. The lowest BCUT2D eigenvalue weighted by atomic mass is 9.85. The van der Waals surface area contributed by atoms with E-state index in [0.29, 0.717) is 17.9 Å². The minimum absolute atomic E-state index is 0.0840. The van der Waals surface area contributed by atoms with Gasteiger partial charge in [0.1, 0.15) is 0 Å². The Morgan fingerprint density at radius 1 is 0.836 bits per heavy atom. The summed E-state index contributed by atoms with van der Waals surface area (Å²) in [4.78, 5) is 10.4. The van der Waals surface area contributed by atoms with Crippen LogP contribution in [0.2, 0.25) is 0 Å². The highest BCUT2D eigenvalue weighted by molar-refractivity contribution is 8.76. The van der Waals surface area contributed by atoms with Crippen molar-refractivity contribution in [1.29, 1.82) is 0 Å². The maximum absolute atomic E-state index is 6.37. The smallest absolute Gasteiger partial charge is 0.0811 e. The van der Waals surface area contributed by atoms with Crippen LogP contribution in [-0.2, 0) is 6.42 Å². The van der Waals surface area contributed by atoms with Crippen LogP contribution in [0.1, 0.15) is 138 Å². The molecule has 0 aliphatic rings. The first-order chi connectivity index (χ1) is 31.8. The molecule has 0 spiro atoms. The summed E-state index contributed by atoms with van der Waals surface area (Å²) >= 11 is 0. The van der Waals surface area contributed by atoms with Gasteiger partial charge in [-0.2, -0.15) is 0 Å². The Morgan fingerprint density at radius 2 is 1.49 bits per heavy atom. The molecule has 0 heterocycles. The highest BCUT2D eigenvalue weighted by Crippen LogP contribution is 2.29. The lowest BCUT2D eigenvalue weighted by Gasteiger charge is -2.41. The Bertz CT molecular complexity index is 1700. The summed E-state index contributed by atoms with van der Waals surface area (Å²) in [7, 11) is 5.80. The average molecular weight is 962 g/mol. The van der Waals surface area contributed by atoms with Crippen LogP contribution in [0.5, 0.6) is 0 Å². The van der Waals surface area contributed by atoms with E-state index < -0.39 is 0 Å². The third-order valence-corrected chi connectivity index (χ3v) is 15.1. The summed E-state index contributed by atoms with van der Waals surface area (Å²) in [6.45, 7) is 55.4. The molecule has 0 aliphatic heterocycles. The van der Waals surface area contributed by atoms with E-state index in [9.17, 15) is 0 Å². The number of benzene rings is 1. The fourth-order valence-corrected chi connectivity index (χ4v) is 10.3. The van der Waals surface area contributed by atoms with Gasteiger partial charge in [-0.25, -0.2) is 0 Å². The molecule has 10 heteroatoms. The van der Waals surface area contributed by atoms with Gasteiger partial charge in [-0.3, -0.25) is 4.99 Å². The number of likely N-dealkylation sites (N-methyl/N-ethyl adjacent to an activating group) is 1. The predicted octanol–water partition coefficient (Wildman–Crippen LogP) is 13.0. The minimum atomic E-state index is -0.0840. The van der Waals surface area contributed by atoms with E-state index in [1.165, 1.54) is 29.7 Å². The first-order valence-electron chi connectivity index (χ1n) is 25.6. The van der Waals surface area contributed by atoms with Gasteiger partial charge in [0.2, 0.25) is 0 Å². The molecular weight excluding hydrogens is 861 g/mol. The van der Waals surface area contributed by atoms with E-state index in [4.69, 9.17) is 17.3 Å². The molecule has 0 aliphatic carbocycles. The van der Waals surface area contributed by atoms with Crippen LogP contribution in [0.4, 0.5) is 0 Å². The quantitative estimate of drug-likeness (QED) is 0.0145. The molecule has 6 unspecified atom stereocenters. The number of unbranched alkanes of at least 4 members (excludes halogenated alkanes) is 2. The van der Waals surface area contributed by atoms with E-state index in [1.54, 1.807) is 10.8 Å². The van der Waals surface area contributed by atoms with Crippen molar-refractivity contribution in [3.05, 3.63) is 121 Å². The van der Waals surface area contributed by atoms with Crippen LogP contribution < -0.4 is 27.0 Å². The van der Waals surface area contributed by atoms with Crippen LogP contribution in [0.25, 0.3) is 0 Å². The molecule has 1 rings (SSSR count). The zero-order chi connectivity index (χ0) is 50.5. The number of aryl methyl sites for hydroxylation is 1. The molecule has 8 nitrogen and oxygen atoms in total. The first-order valence-corrected chi connectivity index (χ1v) is 28.1. The topological polar surface area (TPSA) is 93.0 Å². The van der Waals surface area contributed by atoms with Crippen molar-refractivity contribution in [3.8, 4) is 0 Å². The monoisotopic (exact) mass is 961 g/mol. The first kappa shape index (κ1) is 61.7. The normalized spacial score (nSPS) is 14.7. The molecule has 0 radical (unpaired) electrons. The largest absolute Gasteiger partial charge is 0.388 e. The lowest BCUT2D eigenvalue weighted by molar-refractivity contribution is 0.166. The van der Waals surface area contributed by atoms with Crippen molar-refractivity contribution in [2.24, 2.45) is 28.5 Å². The number of rotatable bonds is 40. The Hall–Kier alpha value is -3.31. The van der Waals surface area contributed by atoms with Crippen molar-refractivity contribution in [1.82, 2.24) is 31.1 Å². The Labute approximate surface area is 421 Å². The zero-order valence-electron chi connectivity index (χ0n) is 44.9. The van der Waals surface area contributed by atoms with Gasteiger partial charge >= 0.3 is 0 Å². The summed E-state index contributed by atoms with van der Waals surface area (Å²) in [6.07, 6.45) is 12.7. The number of nitrogens with two attached hydrogens (primary N) is 1. The molecule has 0 amide bonds. The van der Waals surface area contributed by atoms with Gasteiger partial charge in [-0.15, -0.1) is 6.58 Å². The predicted molar refractivity (Wildman–Crippen MR) is 305 cm³/mol. The highest BCUT2D eigenvalue weighted by Gasteiger charge is 2.29. The minimum Gasteiger partial charge on any atom is -0.388 e. The molecule has 380 valence electrons. The lowest BCUT2D eigenvalue weighted by Crippen LogP contribution is -2.46. The molecule has 0 saturated carbocycles. The maximum atomic E-state index is 6.37. The zero-order valence-corrected chi connectivity index (χ0v) is 46.6. The van der Waals surface area contributed by atoms with Crippen molar-refractivity contribution < 1.29 is 0 Å². The second-order valence-corrected chi connectivity index (χ2v) is 22.2. The summed E-state index contributed by atoms with van der Waals surface area (Å²) in [5, 5.41) is 14.6. The fourth-order valence-electron chi connectivity index (χ4n) is 8.23. The summed E-state index contributed by atoms with van der Waals surface area (Å²) in [6, 6.07) is 9.36. The third kappa shape index (κ3) is 25.8. The standard InChI is InChI=1S/C57H100N8S2/c1-19-23-25-53(38-57(42(7)8)65(33-21-3)51(17)47(13)61-45(11)39-64(18)34-24-20-2)48(14)63-56(22-4)50(16)62-54(37-52-28-26-43(9)27-29-52)36-44(10)46(12)60-32-35-66-67-40-55(58)49(15)59-31-30-41(5)6/h22,26-29,42,44,47,53-55,57,59-62H,5,11-12,15-17,19-21,23-25,30-40,58H2,1-4,6-10,13-14,18H3/b56-22-,63-48?. The van der Waals surface area contributed by atoms with E-state index in [-0.39, 0.29) is 24.0 Å². The molecule has 1 aromatic rings. The Balaban J connectivity index is 3.16. The van der Waals surface area contributed by atoms with Gasteiger partial charge in [0, 0.05) is 78.3 Å². The van der Waals surface area contributed by atoms with Crippen molar-refractivity contribution in [2.75, 3.05) is 51.3 Å². The molecule has 6 N–H and O–H groups in total. The number of hydrogen-bond acceptors (Lipinski definition) is 10. The average Bonchev–Trinajstić information content (AvgIpc) is 3.27. The second-order valence-electron chi connectivity index (χ2n) is 19.5.